The highest BCUT2D eigenvalue weighted by Crippen LogP contribution is 2.29. The number of aliphatic carboxylic acids is 1. The maximum absolute atomic E-state index is 11.2. The summed E-state index contributed by atoms with van der Waals surface area (Å²) in [6, 6.07) is 8.51. The highest BCUT2D eigenvalue weighted by Gasteiger charge is 2.27. The van der Waals surface area contributed by atoms with Gasteiger partial charge in [-0.3, -0.25) is 4.79 Å². The molecular formula is C18H21N3O3. The largest absolute Gasteiger partial charge is 0.480 e. The minimum absolute atomic E-state index is 0.129. The first kappa shape index (κ1) is 15.3. The lowest BCUT2D eigenvalue weighted by Crippen LogP contribution is -2.16. The molecule has 1 aromatic heterocycles. The Morgan fingerprint density at radius 1 is 1.29 bits per heavy atom. The summed E-state index contributed by atoms with van der Waals surface area (Å²) in [5.74, 6) is 1.30. The maximum atomic E-state index is 11.2. The van der Waals surface area contributed by atoms with Gasteiger partial charge in [0.15, 0.2) is 5.82 Å². The van der Waals surface area contributed by atoms with E-state index in [1.807, 2.05) is 0 Å². The van der Waals surface area contributed by atoms with E-state index in [4.69, 9.17) is 9.84 Å². The first-order valence-electron chi connectivity index (χ1n) is 8.49. The summed E-state index contributed by atoms with van der Waals surface area (Å²) in [4.78, 5) is 15.8. The van der Waals surface area contributed by atoms with Crippen molar-refractivity contribution in [1.29, 1.82) is 0 Å². The van der Waals surface area contributed by atoms with E-state index in [0.29, 0.717) is 12.5 Å². The van der Waals surface area contributed by atoms with Gasteiger partial charge in [0, 0.05) is 18.9 Å². The molecule has 1 aliphatic carbocycles. The molecule has 4 rings (SSSR count). The Bertz CT molecular complexity index is 725. The van der Waals surface area contributed by atoms with Crippen LogP contribution in [0, 0.1) is 5.92 Å². The lowest BCUT2D eigenvalue weighted by atomic mass is 10.0. The van der Waals surface area contributed by atoms with Crippen LogP contribution in [0.2, 0.25) is 0 Å². The molecule has 2 aromatic rings. The number of hydrogen-bond donors (Lipinski definition) is 1. The number of ether oxygens (including phenoxy) is 1. The van der Waals surface area contributed by atoms with E-state index in [9.17, 15) is 4.79 Å². The number of rotatable bonds is 5. The molecule has 24 heavy (non-hydrogen) atoms. The maximum Gasteiger partial charge on any atom is 0.325 e. The lowest BCUT2D eigenvalue weighted by molar-refractivity contribution is -0.137. The van der Waals surface area contributed by atoms with E-state index in [-0.39, 0.29) is 12.5 Å². The molecule has 1 atom stereocenters. The second-order valence-electron chi connectivity index (χ2n) is 6.75. The van der Waals surface area contributed by atoms with E-state index in [0.717, 1.165) is 43.9 Å². The highest BCUT2D eigenvalue weighted by molar-refractivity contribution is 5.66. The zero-order valence-electron chi connectivity index (χ0n) is 13.5. The standard InChI is InChI=1S/C18H21N3O3/c22-17(23)10-21-16(19-18(20-21)15-5-6-24-11-15)9-12-7-13-3-1-2-4-14(13)8-12/h1-4,12,15H,5-11H2,(H,22,23)/t15-/m1/s1. The van der Waals surface area contributed by atoms with Crippen LogP contribution in [-0.2, 0) is 35.3 Å². The van der Waals surface area contributed by atoms with E-state index in [2.05, 4.69) is 34.3 Å². The van der Waals surface area contributed by atoms with Gasteiger partial charge in [0.25, 0.3) is 0 Å². The number of carbonyl (C=O) groups is 1. The molecule has 0 bridgehead atoms. The molecule has 0 unspecified atom stereocenters. The van der Waals surface area contributed by atoms with E-state index < -0.39 is 5.97 Å². The van der Waals surface area contributed by atoms with Crippen molar-refractivity contribution in [3.63, 3.8) is 0 Å². The second kappa shape index (κ2) is 6.36. The van der Waals surface area contributed by atoms with Crippen molar-refractivity contribution in [1.82, 2.24) is 14.8 Å². The van der Waals surface area contributed by atoms with Crippen molar-refractivity contribution in [2.24, 2.45) is 5.92 Å². The molecule has 1 saturated heterocycles. The van der Waals surface area contributed by atoms with Crippen molar-refractivity contribution in [2.45, 2.75) is 38.1 Å². The molecule has 1 aromatic carbocycles. The summed E-state index contributed by atoms with van der Waals surface area (Å²) < 4.78 is 6.98. The average Bonchev–Trinajstić information content (AvgIpc) is 3.26. The number of nitrogens with zero attached hydrogens (tertiary/aromatic N) is 3. The third kappa shape index (κ3) is 3.06. The van der Waals surface area contributed by atoms with Crippen molar-refractivity contribution in [3.05, 3.63) is 47.0 Å². The van der Waals surface area contributed by atoms with Crippen LogP contribution in [0.15, 0.2) is 24.3 Å². The lowest BCUT2D eigenvalue weighted by Gasteiger charge is -2.08. The van der Waals surface area contributed by atoms with Crippen molar-refractivity contribution in [3.8, 4) is 0 Å². The Balaban J connectivity index is 1.54. The van der Waals surface area contributed by atoms with E-state index in [1.165, 1.54) is 11.1 Å². The molecular weight excluding hydrogens is 306 g/mol. The third-order valence-corrected chi connectivity index (χ3v) is 4.95. The molecule has 0 amide bonds. The Labute approximate surface area is 140 Å². The molecule has 1 N–H and O–H groups in total. The van der Waals surface area contributed by atoms with Crippen LogP contribution in [-0.4, -0.2) is 39.1 Å². The summed E-state index contributed by atoms with van der Waals surface area (Å²) in [7, 11) is 0. The van der Waals surface area contributed by atoms with Gasteiger partial charge in [0.05, 0.1) is 6.61 Å². The van der Waals surface area contributed by atoms with Gasteiger partial charge in [-0.1, -0.05) is 24.3 Å². The fourth-order valence-electron chi connectivity index (χ4n) is 3.76. The monoisotopic (exact) mass is 327 g/mol. The highest BCUT2D eigenvalue weighted by atomic mass is 16.5. The van der Waals surface area contributed by atoms with Crippen LogP contribution in [0.3, 0.4) is 0 Å². The fourth-order valence-corrected chi connectivity index (χ4v) is 3.76. The number of hydrogen-bond acceptors (Lipinski definition) is 4. The Hall–Kier alpha value is -2.21. The van der Waals surface area contributed by atoms with Crippen LogP contribution in [0.5, 0.6) is 0 Å². The van der Waals surface area contributed by atoms with Crippen molar-refractivity contribution >= 4 is 5.97 Å². The van der Waals surface area contributed by atoms with Gasteiger partial charge in [0.2, 0.25) is 0 Å². The van der Waals surface area contributed by atoms with Gasteiger partial charge in [0.1, 0.15) is 12.4 Å². The summed E-state index contributed by atoms with van der Waals surface area (Å²) in [5.41, 5.74) is 2.80. The molecule has 6 nitrogen and oxygen atoms in total. The van der Waals surface area contributed by atoms with Gasteiger partial charge in [-0.05, 0) is 36.3 Å². The van der Waals surface area contributed by atoms with Gasteiger partial charge in [-0.2, -0.15) is 5.10 Å². The number of fused-ring (bicyclic) bond motifs is 1. The number of benzene rings is 1. The third-order valence-electron chi connectivity index (χ3n) is 4.95. The van der Waals surface area contributed by atoms with E-state index in [1.54, 1.807) is 4.68 Å². The van der Waals surface area contributed by atoms with Crippen molar-refractivity contribution in [2.75, 3.05) is 13.2 Å². The fraction of sp³-hybridized carbons (Fsp3) is 0.500. The normalized spacial score (nSPS) is 20.4. The predicted octanol–water partition coefficient (Wildman–Crippen LogP) is 1.82. The minimum Gasteiger partial charge on any atom is -0.480 e. The average molecular weight is 327 g/mol. The first-order valence-corrected chi connectivity index (χ1v) is 8.49. The summed E-state index contributed by atoms with van der Waals surface area (Å²) in [6.07, 6.45) is 3.73. The van der Waals surface area contributed by atoms with Crippen LogP contribution in [0.1, 0.15) is 35.1 Å². The Kier molecular flexibility index (Phi) is 4.06. The zero-order chi connectivity index (χ0) is 16.5. The van der Waals surface area contributed by atoms with Gasteiger partial charge < -0.3 is 9.84 Å². The molecule has 0 radical (unpaired) electrons. The summed E-state index contributed by atoms with van der Waals surface area (Å²) >= 11 is 0. The van der Waals surface area contributed by atoms with Gasteiger partial charge in [-0.25, -0.2) is 9.67 Å². The molecule has 2 heterocycles. The molecule has 0 spiro atoms. The smallest absolute Gasteiger partial charge is 0.325 e. The summed E-state index contributed by atoms with van der Waals surface area (Å²) in [6.45, 7) is 1.23. The Morgan fingerprint density at radius 2 is 2.04 bits per heavy atom. The number of carboxylic acid groups (broad SMARTS) is 1. The predicted molar refractivity (Wildman–Crippen MR) is 86.9 cm³/mol. The molecule has 2 aliphatic rings. The Morgan fingerprint density at radius 3 is 2.67 bits per heavy atom. The van der Waals surface area contributed by atoms with Gasteiger partial charge >= 0.3 is 5.97 Å². The van der Waals surface area contributed by atoms with Crippen LogP contribution >= 0.6 is 0 Å². The molecule has 1 aliphatic heterocycles. The molecule has 0 saturated carbocycles. The molecule has 1 fully saturated rings. The number of carboxylic acids is 1. The zero-order valence-corrected chi connectivity index (χ0v) is 13.5. The minimum atomic E-state index is -0.884. The topological polar surface area (TPSA) is 77.2 Å². The van der Waals surface area contributed by atoms with Crippen molar-refractivity contribution < 1.29 is 14.6 Å². The quantitative estimate of drug-likeness (QED) is 0.906. The SMILES string of the molecule is O=C(O)Cn1nc([C@@H]2CCOC2)nc1CC1Cc2ccccc2C1. The van der Waals surface area contributed by atoms with Crippen LogP contribution < -0.4 is 0 Å². The van der Waals surface area contributed by atoms with Crippen LogP contribution in [0.25, 0.3) is 0 Å². The number of aromatic nitrogens is 3. The first-order chi connectivity index (χ1) is 11.7. The van der Waals surface area contributed by atoms with Crippen LogP contribution in [0.4, 0.5) is 0 Å². The van der Waals surface area contributed by atoms with Gasteiger partial charge in [-0.15, -0.1) is 0 Å². The van der Waals surface area contributed by atoms with E-state index >= 15 is 0 Å². The second-order valence-corrected chi connectivity index (χ2v) is 6.75. The summed E-state index contributed by atoms with van der Waals surface area (Å²) in [5, 5.41) is 13.6. The molecule has 6 heteroatoms. The molecule has 126 valence electrons.